The molecule has 1 aromatic carbocycles. The van der Waals surface area contributed by atoms with Crippen molar-refractivity contribution in [3.8, 4) is 0 Å². The molecule has 1 heterocycles. The second-order valence-electron chi connectivity index (χ2n) is 4.35. The van der Waals surface area contributed by atoms with Crippen LogP contribution in [-0.2, 0) is 6.54 Å². The van der Waals surface area contributed by atoms with Crippen LogP contribution in [0.4, 0.5) is 5.69 Å². The molecule has 0 saturated carbocycles. The van der Waals surface area contributed by atoms with E-state index in [9.17, 15) is 10.1 Å². The number of nitrogens with one attached hydrogen (secondary N) is 1. The van der Waals surface area contributed by atoms with Crippen molar-refractivity contribution in [3.05, 3.63) is 69.0 Å². The van der Waals surface area contributed by atoms with Gasteiger partial charge in [-0.05, 0) is 25.1 Å². The number of rotatable bonds is 5. The van der Waals surface area contributed by atoms with Gasteiger partial charge in [0.15, 0.2) is 0 Å². The number of nitrogens with zero attached hydrogens (tertiary/aromatic N) is 2. The van der Waals surface area contributed by atoms with Crippen molar-refractivity contribution >= 4 is 17.3 Å². The van der Waals surface area contributed by atoms with Gasteiger partial charge in [0.2, 0.25) is 0 Å². The van der Waals surface area contributed by atoms with Crippen LogP contribution in [0.2, 0.25) is 5.02 Å². The Morgan fingerprint density at radius 1 is 1.35 bits per heavy atom. The maximum Gasteiger partial charge on any atom is 0.275 e. The highest BCUT2D eigenvalue weighted by molar-refractivity contribution is 6.31. The Hall–Kier alpha value is -1.98. The molecule has 0 aliphatic heterocycles. The molecule has 0 amide bonds. The topological polar surface area (TPSA) is 68.1 Å². The van der Waals surface area contributed by atoms with E-state index in [-0.39, 0.29) is 11.7 Å². The molecule has 2 aromatic rings. The van der Waals surface area contributed by atoms with Crippen LogP contribution in [0.1, 0.15) is 24.2 Å². The van der Waals surface area contributed by atoms with Gasteiger partial charge in [-0.1, -0.05) is 23.7 Å². The summed E-state index contributed by atoms with van der Waals surface area (Å²) in [7, 11) is 0. The van der Waals surface area contributed by atoms with E-state index >= 15 is 0 Å². The van der Waals surface area contributed by atoms with Crippen LogP contribution in [0.3, 0.4) is 0 Å². The molecule has 0 aliphatic rings. The van der Waals surface area contributed by atoms with Crippen LogP contribution in [0.15, 0.2) is 42.6 Å². The Morgan fingerprint density at radius 3 is 2.80 bits per heavy atom. The maximum atomic E-state index is 11.0. The molecule has 0 saturated heterocycles. The van der Waals surface area contributed by atoms with Gasteiger partial charge in [-0.25, -0.2) is 0 Å². The lowest BCUT2D eigenvalue weighted by atomic mass is 10.1. The molecule has 0 bridgehead atoms. The third-order valence-corrected chi connectivity index (χ3v) is 3.36. The van der Waals surface area contributed by atoms with Crippen molar-refractivity contribution in [2.75, 3.05) is 0 Å². The number of hydrogen-bond donors (Lipinski definition) is 1. The maximum absolute atomic E-state index is 11.0. The summed E-state index contributed by atoms with van der Waals surface area (Å²) in [5.41, 5.74) is 1.39. The first kappa shape index (κ1) is 14.4. The fraction of sp³-hybridized carbons (Fsp3) is 0.214. The summed E-state index contributed by atoms with van der Waals surface area (Å²) in [6, 6.07) is 10.3. The summed E-state index contributed by atoms with van der Waals surface area (Å²) >= 11 is 6.04. The van der Waals surface area contributed by atoms with E-state index in [1.54, 1.807) is 18.3 Å². The smallest absolute Gasteiger partial charge is 0.275 e. The fourth-order valence-electron chi connectivity index (χ4n) is 1.89. The second-order valence-corrected chi connectivity index (χ2v) is 4.76. The first-order chi connectivity index (χ1) is 9.59. The highest BCUT2D eigenvalue weighted by Gasteiger charge is 2.17. The lowest BCUT2D eigenvalue weighted by Crippen LogP contribution is -2.19. The second kappa shape index (κ2) is 6.45. The third kappa shape index (κ3) is 3.31. The van der Waals surface area contributed by atoms with Crippen LogP contribution >= 0.6 is 11.6 Å². The Labute approximate surface area is 121 Å². The van der Waals surface area contributed by atoms with Crippen molar-refractivity contribution in [1.82, 2.24) is 10.3 Å². The summed E-state index contributed by atoms with van der Waals surface area (Å²) in [5.74, 6) is 0. The van der Waals surface area contributed by atoms with E-state index < -0.39 is 4.92 Å². The van der Waals surface area contributed by atoms with Gasteiger partial charge in [-0.15, -0.1) is 0 Å². The van der Waals surface area contributed by atoms with E-state index in [1.165, 1.54) is 6.07 Å². The Kier molecular flexibility index (Phi) is 4.65. The molecule has 2 rings (SSSR count). The Bertz CT molecular complexity index is 605. The van der Waals surface area contributed by atoms with Gasteiger partial charge in [-0.3, -0.25) is 15.1 Å². The standard InChI is InChI=1S/C14H14ClN3O2/c1-10(13-6-2-3-8-16-13)17-9-11-12(15)5-4-7-14(11)18(19)20/h2-8,10,17H,9H2,1H3. The molecule has 0 spiro atoms. The Morgan fingerprint density at radius 2 is 2.15 bits per heavy atom. The minimum Gasteiger partial charge on any atom is -0.304 e. The monoisotopic (exact) mass is 291 g/mol. The number of hydrogen-bond acceptors (Lipinski definition) is 4. The lowest BCUT2D eigenvalue weighted by Gasteiger charge is -2.14. The van der Waals surface area contributed by atoms with Gasteiger partial charge >= 0.3 is 0 Å². The third-order valence-electron chi connectivity index (χ3n) is 3.01. The van der Waals surface area contributed by atoms with Crippen molar-refractivity contribution in [2.24, 2.45) is 0 Å². The number of pyridine rings is 1. The average molecular weight is 292 g/mol. The molecule has 1 atom stereocenters. The number of nitro benzene ring substituents is 1. The van der Waals surface area contributed by atoms with Crippen molar-refractivity contribution in [3.63, 3.8) is 0 Å². The average Bonchev–Trinajstić information content (AvgIpc) is 2.46. The molecule has 0 aliphatic carbocycles. The van der Waals surface area contributed by atoms with Crippen molar-refractivity contribution < 1.29 is 4.92 Å². The predicted molar refractivity (Wildman–Crippen MR) is 77.6 cm³/mol. The van der Waals surface area contributed by atoms with E-state index in [0.717, 1.165) is 5.69 Å². The molecule has 20 heavy (non-hydrogen) atoms. The molecule has 6 heteroatoms. The van der Waals surface area contributed by atoms with Crippen molar-refractivity contribution in [2.45, 2.75) is 19.5 Å². The zero-order valence-electron chi connectivity index (χ0n) is 10.9. The normalized spacial score (nSPS) is 12.1. The van der Waals surface area contributed by atoms with E-state index in [4.69, 9.17) is 11.6 Å². The molecule has 104 valence electrons. The fourth-order valence-corrected chi connectivity index (χ4v) is 2.12. The zero-order valence-corrected chi connectivity index (χ0v) is 11.7. The summed E-state index contributed by atoms with van der Waals surface area (Å²) in [6.45, 7) is 2.26. The van der Waals surface area contributed by atoms with Crippen LogP contribution in [0, 0.1) is 10.1 Å². The van der Waals surface area contributed by atoms with Gasteiger partial charge in [0.05, 0.1) is 21.2 Å². The summed E-state index contributed by atoms with van der Waals surface area (Å²) in [5, 5.41) is 14.6. The molecule has 0 radical (unpaired) electrons. The summed E-state index contributed by atoms with van der Waals surface area (Å²) in [4.78, 5) is 14.8. The largest absolute Gasteiger partial charge is 0.304 e. The van der Waals surface area contributed by atoms with Crippen LogP contribution in [0.25, 0.3) is 0 Å². The van der Waals surface area contributed by atoms with Gasteiger partial charge in [0, 0.05) is 24.8 Å². The quantitative estimate of drug-likeness (QED) is 0.676. The van der Waals surface area contributed by atoms with Gasteiger partial charge in [0.25, 0.3) is 5.69 Å². The summed E-state index contributed by atoms with van der Waals surface area (Å²) in [6.07, 6.45) is 1.71. The molecular formula is C14H14ClN3O2. The SMILES string of the molecule is CC(NCc1c(Cl)cccc1[N+](=O)[O-])c1ccccn1. The highest BCUT2D eigenvalue weighted by Crippen LogP contribution is 2.26. The highest BCUT2D eigenvalue weighted by atomic mass is 35.5. The lowest BCUT2D eigenvalue weighted by molar-refractivity contribution is -0.385. The number of aromatic nitrogens is 1. The van der Waals surface area contributed by atoms with Crippen LogP contribution < -0.4 is 5.32 Å². The first-order valence-corrected chi connectivity index (χ1v) is 6.53. The predicted octanol–water partition coefficient (Wildman–Crippen LogP) is 3.49. The number of nitro groups is 1. The number of halogens is 1. The van der Waals surface area contributed by atoms with Crippen LogP contribution in [-0.4, -0.2) is 9.91 Å². The molecule has 5 nitrogen and oxygen atoms in total. The molecule has 1 N–H and O–H groups in total. The van der Waals surface area contributed by atoms with Gasteiger partial charge in [-0.2, -0.15) is 0 Å². The van der Waals surface area contributed by atoms with Crippen molar-refractivity contribution in [1.29, 1.82) is 0 Å². The van der Waals surface area contributed by atoms with E-state index in [1.807, 2.05) is 25.1 Å². The number of benzene rings is 1. The van der Waals surface area contributed by atoms with Gasteiger partial charge in [0.1, 0.15) is 0 Å². The minimum atomic E-state index is -0.422. The van der Waals surface area contributed by atoms with E-state index in [0.29, 0.717) is 17.1 Å². The van der Waals surface area contributed by atoms with E-state index in [2.05, 4.69) is 10.3 Å². The molecule has 1 unspecified atom stereocenters. The molecular weight excluding hydrogens is 278 g/mol. The zero-order chi connectivity index (χ0) is 14.5. The first-order valence-electron chi connectivity index (χ1n) is 6.15. The molecule has 0 fully saturated rings. The Balaban J connectivity index is 2.13. The van der Waals surface area contributed by atoms with Crippen LogP contribution in [0.5, 0.6) is 0 Å². The van der Waals surface area contributed by atoms with Gasteiger partial charge < -0.3 is 5.32 Å². The molecule has 1 aromatic heterocycles. The summed E-state index contributed by atoms with van der Waals surface area (Å²) < 4.78 is 0. The minimum absolute atomic E-state index is 0.0212.